The summed E-state index contributed by atoms with van der Waals surface area (Å²) in [7, 11) is 0. The molecule has 1 heterocycles. The fourth-order valence-corrected chi connectivity index (χ4v) is 1.93. The summed E-state index contributed by atoms with van der Waals surface area (Å²) in [5.74, 6) is 0.133. The summed E-state index contributed by atoms with van der Waals surface area (Å²) in [6, 6.07) is 3.05. The van der Waals surface area contributed by atoms with E-state index < -0.39 is 17.4 Å². The highest BCUT2D eigenvalue weighted by molar-refractivity contribution is 5.10. The minimum absolute atomic E-state index is 0.0139. The molecule has 1 unspecified atom stereocenters. The van der Waals surface area contributed by atoms with E-state index in [0.29, 0.717) is 6.54 Å². The van der Waals surface area contributed by atoms with Gasteiger partial charge >= 0.3 is 6.18 Å². The van der Waals surface area contributed by atoms with Gasteiger partial charge in [0.1, 0.15) is 5.69 Å². The second-order valence-corrected chi connectivity index (χ2v) is 4.77. The molecule has 0 spiro atoms. The zero-order valence-corrected chi connectivity index (χ0v) is 11.3. The molecule has 1 rings (SSSR count). The predicted octanol–water partition coefficient (Wildman–Crippen LogP) is 2.50. The van der Waals surface area contributed by atoms with Gasteiger partial charge in [-0.2, -0.15) is 13.2 Å². The molecule has 0 aliphatic heterocycles. The predicted molar refractivity (Wildman–Crippen MR) is 68.0 cm³/mol. The molecule has 0 bridgehead atoms. The van der Waals surface area contributed by atoms with Crippen molar-refractivity contribution < 1.29 is 13.2 Å². The van der Waals surface area contributed by atoms with E-state index in [0.717, 1.165) is 22.8 Å². The summed E-state index contributed by atoms with van der Waals surface area (Å²) >= 11 is 0. The van der Waals surface area contributed by atoms with E-state index in [4.69, 9.17) is 0 Å². The van der Waals surface area contributed by atoms with Gasteiger partial charge in [-0.05, 0) is 18.5 Å². The topological polar surface area (TPSA) is 34.0 Å². The first kappa shape index (κ1) is 15.8. The number of hydrogen-bond acceptors (Lipinski definition) is 2. The molecule has 19 heavy (non-hydrogen) atoms. The molecule has 1 aromatic heterocycles. The van der Waals surface area contributed by atoms with Crippen molar-refractivity contribution in [3.63, 3.8) is 0 Å². The fourth-order valence-electron chi connectivity index (χ4n) is 1.93. The number of alkyl halides is 3. The van der Waals surface area contributed by atoms with E-state index in [1.807, 2.05) is 20.8 Å². The van der Waals surface area contributed by atoms with Gasteiger partial charge in [0.15, 0.2) is 0 Å². The van der Waals surface area contributed by atoms with Gasteiger partial charge in [-0.15, -0.1) is 0 Å². The number of likely N-dealkylation sites (N-methyl/N-ethyl adjacent to an activating group) is 1. The van der Waals surface area contributed by atoms with E-state index in [1.54, 1.807) is 0 Å². The van der Waals surface area contributed by atoms with Gasteiger partial charge in [-0.25, -0.2) is 0 Å². The Hall–Kier alpha value is -1.30. The standard InChI is InChI=1S/C13H19F3N2O/c1-4-17-10(9(2)3)8-18-11(13(14,15)16)6-5-7-12(18)19/h5-7,9-10,17H,4,8H2,1-3H3. The van der Waals surface area contributed by atoms with Gasteiger partial charge in [0, 0.05) is 18.7 Å². The monoisotopic (exact) mass is 276 g/mol. The summed E-state index contributed by atoms with van der Waals surface area (Å²) in [4.78, 5) is 11.7. The Balaban J connectivity index is 3.15. The quantitative estimate of drug-likeness (QED) is 0.896. The normalized spacial score (nSPS) is 13.8. The average Bonchev–Trinajstić information content (AvgIpc) is 2.29. The van der Waals surface area contributed by atoms with E-state index in [2.05, 4.69) is 5.32 Å². The molecule has 1 aromatic rings. The van der Waals surface area contributed by atoms with Crippen LogP contribution in [0.4, 0.5) is 13.2 Å². The highest BCUT2D eigenvalue weighted by Crippen LogP contribution is 2.28. The van der Waals surface area contributed by atoms with Crippen molar-refractivity contribution in [2.75, 3.05) is 6.54 Å². The van der Waals surface area contributed by atoms with Crippen LogP contribution in [0.3, 0.4) is 0 Å². The molecular formula is C13H19F3N2O. The van der Waals surface area contributed by atoms with Crippen molar-refractivity contribution in [1.82, 2.24) is 9.88 Å². The molecule has 0 saturated carbocycles. The van der Waals surface area contributed by atoms with Crippen molar-refractivity contribution in [2.45, 2.75) is 39.5 Å². The van der Waals surface area contributed by atoms with Crippen LogP contribution in [0.2, 0.25) is 0 Å². The van der Waals surface area contributed by atoms with E-state index >= 15 is 0 Å². The van der Waals surface area contributed by atoms with Crippen molar-refractivity contribution in [2.24, 2.45) is 5.92 Å². The van der Waals surface area contributed by atoms with Crippen LogP contribution in [0.1, 0.15) is 26.5 Å². The highest BCUT2D eigenvalue weighted by atomic mass is 19.4. The SMILES string of the molecule is CCNC(Cn1c(C(F)(F)F)cccc1=O)C(C)C. The molecule has 0 saturated heterocycles. The average molecular weight is 276 g/mol. The lowest BCUT2D eigenvalue weighted by Gasteiger charge is -2.24. The Bertz CT molecular complexity index is 466. The van der Waals surface area contributed by atoms with Crippen LogP contribution in [0, 0.1) is 5.92 Å². The van der Waals surface area contributed by atoms with Crippen LogP contribution in [0.25, 0.3) is 0 Å². The number of aromatic nitrogens is 1. The van der Waals surface area contributed by atoms with Crippen LogP contribution in [0.15, 0.2) is 23.0 Å². The van der Waals surface area contributed by atoms with Gasteiger partial charge in [0.2, 0.25) is 0 Å². The molecule has 108 valence electrons. The van der Waals surface area contributed by atoms with Gasteiger partial charge in [0.05, 0.1) is 0 Å². The second kappa shape index (κ2) is 6.23. The molecule has 0 radical (unpaired) electrons. The summed E-state index contributed by atoms with van der Waals surface area (Å²) in [5, 5.41) is 3.11. The first-order valence-corrected chi connectivity index (χ1v) is 6.27. The maximum atomic E-state index is 12.9. The summed E-state index contributed by atoms with van der Waals surface area (Å²) in [6.45, 7) is 6.36. The molecule has 3 nitrogen and oxygen atoms in total. The Labute approximate surface area is 110 Å². The van der Waals surface area contributed by atoms with Crippen LogP contribution < -0.4 is 10.9 Å². The lowest BCUT2D eigenvalue weighted by molar-refractivity contribution is -0.144. The van der Waals surface area contributed by atoms with Gasteiger partial charge in [-0.1, -0.05) is 26.8 Å². The molecule has 0 aliphatic carbocycles. The minimum Gasteiger partial charge on any atom is -0.312 e. The van der Waals surface area contributed by atoms with Crippen molar-refractivity contribution in [3.05, 3.63) is 34.2 Å². The smallest absolute Gasteiger partial charge is 0.312 e. The number of nitrogens with one attached hydrogen (secondary N) is 1. The molecule has 1 N–H and O–H groups in total. The number of hydrogen-bond donors (Lipinski definition) is 1. The molecule has 0 aliphatic rings. The highest BCUT2D eigenvalue weighted by Gasteiger charge is 2.34. The molecule has 0 amide bonds. The lowest BCUT2D eigenvalue weighted by atomic mass is 10.0. The Kier molecular flexibility index (Phi) is 5.17. The third kappa shape index (κ3) is 4.09. The van der Waals surface area contributed by atoms with Gasteiger partial charge in [0.25, 0.3) is 5.56 Å². The van der Waals surface area contributed by atoms with Crippen molar-refractivity contribution >= 4 is 0 Å². The van der Waals surface area contributed by atoms with Crippen LogP contribution in [-0.4, -0.2) is 17.2 Å². The third-order valence-electron chi connectivity index (χ3n) is 2.99. The summed E-state index contributed by atoms with van der Waals surface area (Å²) < 4.78 is 39.5. The first-order valence-electron chi connectivity index (χ1n) is 6.27. The van der Waals surface area contributed by atoms with Crippen LogP contribution in [0.5, 0.6) is 0 Å². The first-order chi connectivity index (χ1) is 8.77. The number of nitrogens with zero attached hydrogens (tertiary/aromatic N) is 1. The zero-order chi connectivity index (χ0) is 14.6. The summed E-state index contributed by atoms with van der Waals surface area (Å²) in [5.41, 5.74) is -1.53. The molecule has 0 fully saturated rings. The Morgan fingerprint density at radius 2 is 1.95 bits per heavy atom. The molecular weight excluding hydrogens is 257 g/mol. The van der Waals surface area contributed by atoms with E-state index in [1.165, 1.54) is 0 Å². The largest absolute Gasteiger partial charge is 0.431 e. The Morgan fingerprint density at radius 3 is 2.42 bits per heavy atom. The Morgan fingerprint density at radius 1 is 1.32 bits per heavy atom. The number of halogens is 3. The molecule has 1 atom stereocenters. The number of pyridine rings is 1. The second-order valence-electron chi connectivity index (χ2n) is 4.77. The number of rotatable bonds is 5. The van der Waals surface area contributed by atoms with Crippen molar-refractivity contribution in [3.8, 4) is 0 Å². The van der Waals surface area contributed by atoms with Gasteiger partial charge in [-0.3, -0.25) is 4.79 Å². The maximum absolute atomic E-state index is 12.9. The molecule has 0 aromatic carbocycles. The van der Waals surface area contributed by atoms with Crippen LogP contribution >= 0.6 is 0 Å². The van der Waals surface area contributed by atoms with Crippen molar-refractivity contribution in [1.29, 1.82) is 0 Å². The summed E-state index contributed by atoms with van der Waals surface area (Å²) in [6.07, 6.45) is -4.52. The van der Waals surface area contributed by atoms with E-state index in [-0.39, 0.29) is 18.5 Å². The molecule has 6 heteroatoms. The fraction of sp³-hybridized carbons (Fsp3) is 0.615. The minimum atomic E-state index is -4.52. The van der Waals surface area contributed by atoms with Gasteiger partial charge < -0.3 is 9.88 Å². The maximum Gasteiger partial charge on any atom is 0.431 e. The van der Waals surface area contributed by atoms with E-state index in [9.17, 15) is 18.0 Å². The van der Waals surface area contributed by atoms with Crippen LogP contribution in [-0.2, 0) is 12.7 Å². The third-order valence-corrected chi connectivity index (χ3v) is 2.99. The lowest BCUT2D eigenvalue weighted by Crippen LogP contribution is -2.41. The zero-order valence-electron chi connectivity index (χ0n) is 11.3.